The highest BCUT2D eigenvalue weighted by molar-refractivity contribution is 7.80. The van der Waals surface area contributed by atoms with E-state index in [2.05, 4.69) is 16.0 Å². The van der Waals surface area contributed by atoms with E-state index in [0.717, 1.165) is 12.2 Å². The zero-order valence-electron chi connectivity index (χ0n) is 14.7. The van der Waals surface area contributed by atoms with Crippen molar-refractivity contribution in [3.05, 3.63) is 54.1 Å². The summed E-state index contributed by atoms with van der Waals surface area (Å²) in [6.45, 7) is 4.10. The summed E-state index contributed by atoms with van der Waals surface area (Å²) in [6.07, 6.45) is 0.922. The minimum absolute atomic E-state index is 0.163. The number of carbonyl (C=O) groups is 2. The molecule has 0 saturated carbocycles. The van der Waals surface area contributed by atoms with Gasteiger partial charge in [0.2, 0.25) is 5.91 Å². The predicted molar refractivity (Wildman–Crippen MR) is 107 cm³/mol. The summed E-state index contributed by atoms with van der Waals surface area (Å²) in [6, 6.07) is 13.9. The van der Waals surface area contributed by atoms with Gasteiger partial charge in [0.25, 0.3) is 5.91 Å². The van der Waals surface area contributed by atoms with Gasteiger partial charge in [-0.2, -0.15) is 0 Å². The molecule has 0 aliphatic carbocycles. The Balaban J connectivity index is 1.92. The van der Waals surface area contributed by atoms with E-state index in [0.29, 0.717) is 23.5 Å². The van der Waals surface area contributed by atoms with Crippen LogP contribution in [0.1, 0.15) is 30.6 Å². The van der Waals surface area contributed by atoms with Crippen molar-refractivity contribution in [1.29, 1.82) is 0 Å². The second-order valence-corrected chi connectivity index (χ2v) is 5.95. The van der Waals surface area contributed by atoms with E-state index in [9.17, 15) is 9.59 Å². The van der Waals surface area contributed by atoms with Gasteiger partial charge in [0.05, 0.1) is 6.61 Å². The molecule has 0 spiro atoms. The van der Waals surface area contributed by atoms with E-state index in [1.165, 1.54) is 6.92 Å². The SMILES string of the molecule is CCCOc1ccc(C(=O)NC(=S)Nc2cccc(NC(C)=O)c2)cc1. The van der Waals surface area contributed by atoms with Crippen molar-refractivity contribution in [3.63, 3.8) is 0 Å². The molecule has 0 atom stereocenters. The maximum Gasteiger partial charge on any atom is 0.257 e. The van der Waals surface area contributed by atoms with Crippen LogP contribution in [0.15, 0.2) is 48.5 Å². The Bertz CT molecular complexity index is 791. The van der Waals surface area contributed by atoms with E-state index in [4.69, 9.17) is 17.0 Å². The van der Waals surface area contributed by atoms with Crippen molar-refractivity contribution in [2.75, 3.05) is 17.2 Å². The van der Waals surface area contributed by atoms with Crippen LogP contribution in [0.25, 0.3) is 0 Å². The standard InChI is InChI=1S/C19H21N3O3S/c1-3-11-25-17-9-7-14(8-10-17)18(24)22-19(26)21-16-6-4-5-15(12-16)20-13(2)23/h4-10,12H,3,11H2,1-2H3,(H,20,23)(H2,21,22,24,26). The molecule has 0 radical (unpaired) electrons. The van der Waals surface area contributed by atoms with E-state index in [1.807, 2.05) is 6.92 Å². The summed E-state index contributed by atoms with van der Waals surface area (Å²) in [4.78, 5) is 23.4. The van der Waals surface area contributed by atoms with Gasteiger partial charge in [0.1, 0.15) is 5.75 Å². The van der Waals surface area contributed by atoms with Crippen LogP contribution in [0.2, 0.25) is 0 Å². The maximum atomic E-state index is 12.2. The molecule has 0 fully saturated rings. The highest BCUT2D eigenvalue weighted by atomic mass is 32.1. The number of carbonyl (C=O) groups excluding carboxylic acids is 2. The van der Waals surface area contributed by atoms with Gasteiger partial charge < -0.3 is 15.4 Å². The fourth-order valence-corrected chi connectivity index (χ4v) is 2.35. The molecule has 0 bridgehead atoms. The fraction of sp³-hybridized carbons (Fsp3) is 0.211. The van der Waals surface area contributed by atoms with Crippen LogP contribution < -0.4 is 20.7 Å². The summed E-state index contributed by atoms with van der Waals surface area (Å²) in [5.41, 5.74) is 1.77. The first kappa shape index (κ1) is 19.4. The van der Waals surface area contributed by atoms with Gasteiger partial charge in [-0.15, -0.1) is 0 Å². The first-order valence-electron chi connectivity index (χ1n) is 8.21. The van der Waals surface area contributed by atoms with Gasteiger partial charge in [0.15, 0.2) is 5.11 Å². The van der Waals surface area contributed by atoms with E-state index < -0.39 is 0 Å². The second-order valence-electron chi connectivity index (χ2n) is 5.54. The molecule has 0 unspecified atom stereocenters. The lowest BCUT2D eigenvalue weighted by Crippen LogP contribution is -2.34. The van der Waals surface area contributed by atoms with E-state index in [-0.39, 0.29) is 16.9 Å². The van der Waals surface area contributed by atoms with Gasteiger partial charge in [0, 0.05) is 23.9 Å². The molecular weight excluding hydrogens is 350 g/mol. The number of nitrogens with one attached hydrogen (secondary N) is 3. The topological polar surface area (TPSA) is 79.5 Å². The van der Waals surface area contributed by atoms with Crippen LogP contribution in [0.4, 0.5) is 11.4 Å². The quantitative estimate of drug-likeness (QED) is 0.677. The third kappa shape index (κ3) is 6.18. The third-order valence-corrected chi connectivity index (χ3v) is 3.46. The Morgan fingerprint density at radius 3 is 2.31 bits per heavy atom. The number of amides is 2. The van der Waals surface area contributed by atoms with E-state index >= 15 is 0 Å². The summed E-state index contributed by atoms with van der Waals surface area (Å²) in [7, 11) is 0. The Kier molecular flexibility index (Phi) is 7.11. The lowest BCUT2D eigenvalue weighted by atomic mass is 10.2. The average molecular weight is 371 g/mol. The normalized spacial score (nSPS) is 9.92. The molecule has 0 saturated heterocycles. The van der Waals surface area contributed by atoms with Crippen LogP contribution >= 0.6 is 12.2 Å². The molecule has 2 aromatic rings. The number of rotatable bonds is 6. The molecule has 2 rings (SSSR count). The lowest BCUT2D eigenvalue weighted by Gasteiger charge is -2.11. The Morgan fingerprint density at radius 1 is 1.04 bits per heavy atom. The number of hydrogen-bond acceptors (Lipinski definition) is 4. The Hall–Kier alpha value is -2.93. The molecule has 26 heavy (non-hydrogen) atoms. The van der Waals surface area contributed by atoms with Crippen LogP contribution in [0, 0.1) is 0 Å². The molecular formula is C19H21N3O3S. The summed E-state index contributed by atoms with van der Waals surface area (Å²) in [5, 5.41) is 8.39. The number of benzene rings is 2. The van der Waals surface area contributed by atoms with Crippen molar-refractivity contribution in [2.45, 2.75) is 20.3 Å². The Labute approximate surface area is 157 Å². The largest absolute Gasteiger partial charge is 0.494 e. The zero-order valence-corrected chi connectivity index (χ0v) is 15.5. The van der Waals surface area contributed by atoms with Crippen molar-refractivity contribution in [3.8, 4) is 5.75 Å². The van der Waals surface area contributed by atoms with Crippen molar-refractivity contribution in [2.24, 2.45) is 0 Å². The lowest BCUT2D eigenvalue weighted by molar-refractivity contribution is -0.114. The van der Waals surface area contributed by atoms with Crippen LogP contribution in [-0.4, -0.2) is 23.5 Å². The summed E-state index contributed by atoms with van der Waals surface area (Å²) < 4.78 is 5.49. The van der Waals surface area contributed by atoms with Gasteiger partial charge in [-0.3, -0.25) is 14.9 Å². The first-order chi connectivity index (χ1) is 12.5. The Morgan fingerprint density at radius 2 is 1.69 bits per heavy atom. The van der Waals surface area contributed by atoms with Crippen molar-refractivity contribution in [1.82, 2.24) is 5.32 Å². The fourth-order valence-electron chi connectivity index (χ4n) is 2.14. The smallest absolute Gasteiger partial charge is 0.257 e. The van der Waals surface area contributed by atoms with Crippen LogP contribution in [0.5, 0.6) is 5.75 Å². The van der Waals surface area contributed by atoms with Crippen LogP contribution in [0.3, 0.4) is 0 Å². The highest BCUT2D eigenvalue weighted by Gasteiger charge is 2.08. The second kappa shape index (κ2) is 9.53. The summed E-state index contributed by atoms with van der Waals surface area (Å²) >= 11 is 5.17. The molecule has 7 heteroatoms. The molecule has 2 aromatic carbocycles. The molecule has 0 aromatic heterocycles. The van der Waals surface area contributed by atoms with Gasteiger partial charge >= 0.3 is 0 Å². The van der Waals surface area contributed by atoms with Gasteiger partial charge in [-0.25, -0.2) is 0 Å². The minimum atomic E-state index is -0.317. The molecule has 3 N–H and O–H groups in total. The number of anilines is 2. The first-order valence-corrected chi connectivity index (χ1v) is 8.61. The van der Waals surface area contributed by atoms with Crippen LogP contribution in [-0.2, 0) is 4.79 Å². The summed E-state index contributed by atoms with van der Waals surface area (Å²) in [5.74, 6) is 0.242. The highest BCUT2D eigenvalue weighted by Crippen LogP contribution is 2.15. The molecule has 6 nitrogen and oxygen atoms in total. The average Bonchev–Trinajstić information content (AvgIpc) is 2.60. The molecule has 2 amide bonds. The number of ether oxygens (including phenoxy) is 1. The maximum absolute atomic E-state index is 12.2. The van der Waals surface area contributed by atoms with Gasteiger partial charge in [-0.05, 0) is 61.1 Å². The molecule has 0 aliphatic rings. The van der Waals surface area contributed by atoms with Crippen molar-refractivity contribution < 1.29 is 14.3 Å². The molecule has 0 heterocycles. The monoisotopic (exact) mass is 371 g/mol. The predicted octanol–water partition coefficient (Wildman–Crippen LogP) is 3.56. The zero-order chi connectivity index (χ0) is 18.9. The molecule has 0 aliphatic heterocycles. The number of thiocarbonyl (C=S) groups is 1. The van der Waals surface area contributed by atoms with Crippen molar-refractivity contribution >= 4 is 40.5 Å². The number of hydrogen-bond donors (Lipinski definition) is 3. The third-order valence-electron chi connectivity index (χ3n) is 3.26. The van der Waals surface area contributed by atoms with Gasteiger partial charge in [-0.1, -0.05) is 13.0 Å². The van der Waals surface area contributed by atoms with E-state index in [1.54, 1.807) is 48.5 Å². The minimum Gasteiger partial charge on any atom is -0.494 e. The molecule has 136 valence electrons.